The Labute approximate surface area is 167 Å². The van der Waals surface area contributed by atoms with E-state index < -0.39 is 10.0 Å². The number of sulfonamides is 1. The fraction of sp³-hybridized carbons (Fsp3) is 0.476. The Balaban J connectivity index is 1.45. The molecule has 2 aliphatic heterocycles. The summed E-state index contributed by atoms with van der Waals surface area (Å²) in [6.07, 6.45) is 0.673. The second-order valence-electron chi connectivity index (χ2n) is 7.52. The SMILES string of the molecule is CCN1CCN(c2ccc3c(n2)CCN(S(=O)(=O)Cc2ccccc2)C3)CC1. The van der Waals surface area contributed by atoms with Crippen molar-refractivity contribution in [2.75, 3.05) is 44.2 Å². The van der Waals surface area contributed by atoms with Gasteiger partial charge in [-0.25, -0.2) is 13.4 Å². The summed E-state index contributed by atoms with van der Waals surface area (Å²) in [6, 6.07) is 13.5. The largest absolute Gasteiger partial charge is 0.354 e. The molecule has 0 unspecified atom stereocenters. The smallest absolute Gasteiger partial charge is 0.218 e. The van der Waals surface area contributed by atoms with Crippen LogP contribution in [0.4, 0.5) is 5.82 Å². The first-order valence-electron chi connectivity index (χ1n) is 10.0. The average molecular weight is 401 g/mol. The number of nitrogens with zero attached hydrogens (tertiary/aromatic N) is 4. The summed E-state index contributed by atoms with van der Waals surface area (Å²) in [7, 11) is -3.33. The minimum Gasteiger partial charge on any atom is -0.354 e. The normalized spacial score (nSPS) is 18.8. The number of pyridine rings is 1. The molecule has 2 aliphatic rings. The van der Waals surface area contributed by atoms with Gasteiger partial charge in [0.2, 0.25) is 10.0 Å². The summed E-state index contributed by atoms with van der Waals surface area (Å²) < 4.78 is 27.3. The number of likely N-dealkylation sites (N-methyl/N-ethyl adjacent to an activating group) is 1. The molecule has 1 fully saturated rings. The van der Waals surface area contributed by atoms with Crippen LogP contribution in [0.25, 0.3) is 0 Å². The van der Waals surface area contributed by atoms with E-state index in [9.17, 15) is 8.42 Å². The number of benzene rings is 1. The molecule has 1 aromatic carbocycles. The summed E-state index contributed by atoms with van der Waals surface area (Å²) >= 11 is 0. The summed E-state index contributed by atoms with van der Waals surface area (Å²) in [6.45, 7) is 8.35. The highest BCUT2D eigenvalue weighted by Crippen LogP contribution is 2.25. The lowest BCUT2D eigenvalue weighted by atomic mass is 10.1. The van der Waals surface area contributed by atoms with Gasteiger partial charge in [-0.15, -0.1) is 0 Å². The molecule has 0 bridgehead atoms. The molecule has 1 saturated heterocycles. The molecule has 6 nitrogen and oxygen atoms in total. The van der Waals surface area contributed by atoms with Crippen molar-refractivity contribution in [1.82, 2.24) is 14.2 Å². The molecule has 0 saturated carbocycles. The van der Waals surface area contributed by atoms with Gasteiger partial charge in [-0.3, -0.25) is 0 Å². The highest BCUT2D eigenvalue weighted by molar-refractivity contribution is 7.88. The highest BCUT2D eigenvalue weighted by Gasteiger charge is 2.28. The molecular weight excluding hydrogens is 372 g/mol. The van der Waals surface area contributed by atoms with E-state index in [1.807, 2.05) is 36.4 Å². The van der Waals surface area contributed by atoms with Gasteiger partial charge in [-0.2, -0.15) is 4.31 Å². The summed E-state index contributed by atoms with van der Waals surface area (Å²) in [5, 5.41) is 0. The Hall–Kier alpha value is -1.96. The first-order chi connectivity index (χ1) is 13.5. The van der Waals surface area contributed by atoms with E-state index in [2.05, 4.69) is 22.8 Å². The first-order valence-corrected chi connectivity index (χ1v) is 11.6. The van der Waals surface area contributed by atoms with E-state index in [1.165, 1.54) is 0 Å². The Morgan fingerprint density at radius 2 is 1.71 bits per heavy atom. The predicted molar refractivity (Wildman–Crippen MR) is 112 cm³/mol. The number of anilines is 1. The summed E-state index contributed by atoms with van der Waals surface area (Å²) in [4.78, 5) is 9.66. The third-order valence-corrected chi connectivity index (χ3v) is 7.52. The van der Waals surface area contributed by atoms with Crippen LogP contribution in [0.5, 0.6) is 0 Å². The van der Waals surface area contributed by atoms with Gasteiger partial charge in [0.1, 0.15) is 5.82 Å². The molecule has 7 heteroatoms. The molecule has 1 aromatic heterocycles. The van der Waals surface area contributed by atoms with Crippen LogP contribution >= 0.6 is 0 Å². The van der Waals surface area contributed by atoms with Crippen molar-refractivity contribution in [2.24, 2.45) is 0 Å². The van der Waals surface area contributed by atoms with Crippen LogP contribution < -0.4 is 4.90 Å². The molecule has 0 amide bonds. The predicted octanol–water partition coefficient (Wildman–Crippen LogP) is 2.11. The molecule has 3 heterocycles. The van der Waals surface area contributed by atoms with Crippen LogP contribution in [-0.4, -0.2) is 61.9 Å². The zero-order valence-corrected chi connectivity index (χ0v) is 17.2. The van der Waals surface area contributed by atoms with E-state index in [4.69, 9.17) is 4.98 Å². The van der Waals surface area contributed by atoms with Crippen molar-refractivity contribution >= 4 is 15.8 Å². The number of piperazine rings is 1. The lowest BCUT2D eigenvalue weighted by Crippen LogP contribution is -2.46. The maximum absolute atomic E-state index is 12.8. The number of aromatic nitrogens is 1. The first kappa shape index (κ1) is 19.4. The molecule has 150 valence electrons. The van der Waals surface area contributed by atoms with Crippen molar-refractivity contribution in [2.45, 2.75) is 25.6 Å². The number of rotatable bonds is 5. The Morgan fingerprint density at radius 1 is 0.964 bits per heavy atom. The summed E-state index contributed by atoms with van der Waals surface area (Å²) in [5.41, 5.74) is 2.90. The third kappa shape index (κ3) is 4.21. The Bertz CT molecular complexity index is 909. The Morgan fingerprint density at radius 3 is 2.43 bits per heavy atom. The zero-order chi connectivity index (χ0) is 19.6. The fourth-order valence-corrected chi connectivity index (χ4v) is 5.46. The summed E-state index contributed by atoms with van der Waals surface area (Å²) in [5.74, 6) is 1.08. The van der Waals surface area contributed by atoms with Crippen LogP contribution in [0.15, 0.2) is 42.5 Å². The van der Waals surface area contributed by atoms with Crippen LogP contribution in [0.1, 0.15) is 23.7 Å². The van der Waals surface area contributed by atoms with E-state index in [-0.39, 0.29) is 5.75 Å². The van der Waals surface area contributed by atoms with Crippen molar-refractivity contribution in [3.05, 3.63) is 59.3 Å². The van der Waals surface area contributed by atoms with Crippen LogP contribution in [0, 0.1) is 0 Å². The van der Waals surface area contributed by atoms with Crippen molar-refractivity contribution in [1.29, 1.82) is 0 Å². The lowest BCUT2D eigenvalue weighted by Gasteiger charge is -2.35. The van der Waals surface area contributed by atoms with Crippen LogP contribution in [-0.2, 0) is 28.7 Å². The molecule has 0 aliphatic carbocycles. The van der Waals surface area contributed by atoms with E-state index in [0.717, 1.165) is 55.4 Å². The van der Waals surface area contributed by atoms with Crippen LogP contribution in [0.2, 0.25) is 0 Å². The molecule has 28 heavy (non-hydrogen) atoms. The quantitative estimate of drug-likeness (QED) is 0.769. The molecule has 4 rings (SSSR count). The molecule has 0 spiro atoms. The van der Waals surface area contributed by atoms with Gasteiger partial charge in [0.25, 0.3) is 0 Å². The van der Waals surface area contributed by atoms with E-state index in [0.29, 0.717) is 19.5 Å². The van der Waals surface area contributed by atoms with E-state index >= 15 is 0 Å². The maximum atomic E-state index is 12.8. The lowest BCUT2D eigenvalue weighted by molar-refractivity contribution is 0.270. The van der Waals surface area contributed by atoms with Crippen LogP contribution in [0.3, 0.4) is 0 Å². The monoisotopic (exact) mass is 400 g/mol. The highest BCUT2D eigenvalue weighted by atomic mass is 32.2. The fourth-order valence-electron chi connectivity index (χ4n) is 3.96. The topological polar surface area (TPSA) is 56.8 Å². The van der Waals surface area contributed by atoms with Crippen molar-refractivity contribution in [3.63, 3.8) is 0 Å². The van der Waals surface area contributed by atoms with Crippen molar-refractivity contribution in [3.8, 4) is 0 Å². The second-order valence-corrected chi connectivity index (χ2v) is 9.49. The van der Waals surface area contributed by atoms with Crippen molar-refractivity contribution < 1.29 is 8.42 Å². The van der Waals surface area contributed by atoms with Gasteiger partial charge in [-0.05, 0) is 23.7 Å². The van der Waals surface area contributed by atoms with Gasteiger partial charge >= 0.3 is 0 Å². The zero-order valence-electron chi connectivity index (χ0n) is 16.4. The third-order valence-electron chi connectivity index (χ3n) is 5.73. The molecule has 2 aromatic rings. The van der Waals surface area contributed by atoms with Gasteiger partial charge in [0, 0.05) is 51.4 Å². The van der Waals surface area contributed by atoms with Gasteiger partial charge < -0.3 is 9.80 Å². The van der Waals surface area contributed by atoms with Gasteiger partial charge in [0.15, 0.2) is 0 Å². The van der Waals surface area contributed by atoms with E-state index in [1.54, 1.807) is 4.31 Å². The molecular formula is C21H28N4O2S. The van der Waals surface area contributed by atoms with Gasteiger partial charge in [-0.1, -0.05) is 43.3 Å². The number of hydrogen-bond acceptors (Lipinski definition) is 5. The maximum Gasteiger partial charge on any atom is 0.218 e. The molecule has 0 radical (unpaired) electrons. The molecule has 0 N–H and O–H groups in total. The number of hydrogen-bond donors (Lipinski definition) is 0. The average Bonchev–Trinajstić information content (AvgIpc) is 2.73. The Kier molecular flexibility index (Phi) is 5.66. The van der Waals surface area contributed by atoms with Gasteiger partial charge in [0.05, 0.1) is 5.75 Å². The standard InChI is InChI=1S/C21H28N4O2S/c1-2-23-12-14-24(15-13-23)21-9-8-19-16-25(11-10-20(19)22-21)28(26,27)17-18-6-4-3-5-7-18/h3-9H,2,10-17H2,1H3. The second kappa shape index (κ2) is 8.19. The minimum absolute atomic E-state index is 0.0520. The minimum atomic E-state index is -3.33. The number of fused-ring (bicyclic) bond motifs is 1. The molecule has 0 atom stereocenters.